The molecule has 10 nitrogen and oxygen atoms in total. The van der Waals surface area contributed by atoms with Crippen LogP contribution in [0.2, 0.25) is 0 Å². The Labute approximate surface area is 231 Å². The predicted octanol–water partition coefficient (Wildman–Crippen LogP) is 4.44. The number of likely N-dealkylation sites (tertiary alicyclic amines) is 1. The Hall–Kier alpha value is -3.54. The molecule has 0 saturated carbocycles. The molecule has 0 spiro atoms. The molecule has 4 aromatic rings. The first-order valence-corrected chi connectivity index (χ1v) is 14.5. The Kier molecular flexibility index (Phi) is 6.63. The van der Waals surface area contributed by atoms with E-state index in [4.69, 9.17) is 19.4 Å². The number of nitrogens with one attached hydrogen (secondary N) is 2. The van der Waals surface area contributed by atoms with E-state index in [9.17, 15) is 0 Å². The van der Waals surface area contributed by atoms with Crippen LogP contribution in [0.25, 0.3) is 20.8 Å². The van der Waals surface area contributed by atoms with Gasteiger partial charge in [0.2, 0.25) is 5.88 Å². The lowest BCUT2D eigenvalue weighted by Gasteiger charge is -2.31. The van der Waals surface area contributed by atoms with Gasteiger partial charge in [-0.1, -0.05) is 0 Å². The van der Waals surface area contributed by atoms with Crippen LogP contribution in [0.1, 0.15) is 24.1 Å². The van der Waals surface area contributed by atoms with Crippen LogP contribution in [0.4, 0.5) is 23.0 Å². The van der Waals surface area contributed by atoms with E-state index in [0.717, 1.165) is 102 Å². The van der Waals surface area contributed by atoms with Crippen molar-refractivity contribution in [3.05, 3.63) is 41.9 Å². The summed E-state index contributed by atoms with van der Waals surface area (Å²) < 4.78 is 12.3. The molecular formula is C28H32N8O2S. The summed E-state index contributed by atoms with van der Waals surface area (Å²) >= 11 is 1.62. The zero-order valence-electron chi connectivity index (χ0n) is 22.1. The number of anilines is 4. The second-order valence-corrected chi connectivity index (χ2v) is 11.2. The van der Waals surface area contributed by atoms with Gasteiger partial charge in [-0.25, -0.2) is 19.9 Å². The van der Waals surface area contributed by atoms with Crippen LogP contribution in [0.15, 0.2) is 30.6 Å². The lowest BCUT2D eigenvalue weighted by atomic mass is 10.1. The maximum atomic E-state index is 5.69. The molecule has 7 rings (SSSR count). The Morgan fingerprint density at radius 3 is 2.74 bits per heavy atom. The van der Waals surface area contributed by atoms with E-state index in [1.165, 1.54) is 18.5 Å². The van der Waals surface area contributed by atoms with Gasteiger partial charge in [-0.05, 0) is 50.6 Å². The minimum absolute atomic E-state index is 0.631. The number of pyridine rings is 3. The number of fused-ring (bicyclic) bond motifs is 2. The minimum Gasteiger partial charge on any atom is -0.474 e. The first kappa shape index (κ1) is 24.5. The molecule has 3 aliphatic rings. The molecule has 0 atom stereocenters. The van der Waals surface area contributed by atoms with E-state index in [0.29, 0.717) is 12.5 Å². The molecule has 2 saturated heterocycles. The van der Waals surface area contributed by atoms with Gasteiger partial charge in [-0.3, -0.25) is 4.90 Å². The van der Waals surface area contributed by atoms with E-state index in [-0.39, 0.29) is 0 Å². The smallest absolute Gasteiger partial charge is 0.237 e. The molecule has 2 fully saturated rings. The Bertz CT molecular complexity index is 1500. The lowest BCUT2D eigenvalue weighted by Crippen LogP contribution is -2.37. The van der Waals surface area contributed by atoms with Crippen LogP contribution >= 0.6 is 11.3 Å². The van der Waals surface area contributed by atoms with Gasteiger partial charge < -0.3 is 25.0 Å². The van der Waals surface area contributed by atoms with Crippen molar-refractivity contribution in [1.29, 1.82) is 0 Å². The van der Waals surface area contributed by atoms with Crippen molar-refractivity contribution in [2.24, 2.45) is 0 Å². The van der Waals surface area contributed by atoms with Gasteiger partial charge in [0, 0.05) is 50.2 Å². The number of hydrogen-bond donors (Lipinski definition) is 2. The quantitative estimate of drug-likeness (QED) is 0.362. The van der Waals surface area contributed by atoms with Crippen LogP contribution < -0.4 is 20.3 Å². The summed E-state index contributed by atoms with van der Waals surface area (Å²) in [4.78, 5) is 24.1. The molecule has 0 unspecified atom stereocenters. The maximum absolute atomic E-state index is 5.69. The van der Waals surface area contributed by atoms with E-state index in [1.807, 2.05) is 24.5 Å². The van der Waals surface area contributed by atoms with Gasteiger partial charge in [-0.15, -0.1) is 11.3 Å². The molecule has 11 heteroatoms. The Morgan fingerprint density at radius 2 is 1.87 bits per heavy atom. The fourth-order valence-electron chi connectivity index (χ4n) is 5.51. The third-order valence-electron chi connectivity index (χ3n) is 7.58. The summed E-state index contributed by atoms with van der Waals surface area (Å²) in [5, 5.41) is 7.77. The Balaban J connectivity index is 1.16. The van der Waals surface area contributed by atoms with Gasteiger partial charge in [0.15, 0.2) is 0 Å². The summed E-state index contributed by atoms with van der Waals surface area (Å²) in [7, 11) is 0. The van der Waals surface area contributed by atoms with Gasteiger partial charge in [-0.2, -0.15) is 0 Å². The van der Waals surface area contributed by atoms with Gasteiger partial charge in [0.25, 0.3) is 0 Å². The third-order valence-corrected chi connectivity index (χ3v) is 8.62. The molecule has 0 radical (unpaired) electrons. The topological polar surface area (TPSA) is 101 Å². The number of morpholine rings is 1. The molecule has 4 aromatic heterocycles. The maximum Gasteiger partial charge on any atom is 0.237 e. The Morgan fingerprint density at radius 1 is 1.00 bits per heavy atom. The molecule has 0 amide bonds. The summed E-state index contributed by atoms with van der Waals surface area (Å²) in [6.07, 6.45) is 6.26. The molecule has 2 N–H and O–H groups in total. The standard InChI is InChI=1S/C28H32N8O2S/c1-18-19(15-31-27-26(18)29-6-11-38-27)28-33-20-14-25(30-16-23(20)39-28)34-24-5-4-22(36-9-12-37-13-10-36)21(32-24)17-35-7-2-3-8-35/h4-5,14-16,29H,2-3,6-13,17H2,1H3,(H,30,32,34). The van der Waals surface area contributed by atoms with Crippen LogP contribution in [-0.4, -0.2) is 77.4 Å². The average Bonchev–Trinajstić information content (AvgIpc) is 3.64. The zero-order valence-corrected chi connectivity index (χ0v) is 22.9. The number of rotatable bonds is 6. The van der Waals surface area contributed by atoms with Gasteiger partial charge in [0.05, 0.1) is 34.8 Å². The molecule has 3 aliphatic heterocycles. The normalized spacial score (nSPS) is 17.6. The van der Waals surface area contributed by atoms with Crippen molar-refractivity contribution in [1.82, 2.24) is 24.8 Å². The van der Waals surface area contributed by atoms with Crippen LogP contribution in [-0.2, 0) is 11.3 Å². The van der Waals surface area contributed by atoms with Crippen molar-refractivity contribution < 1.29 is 9.47 Å². The fraction of sp³-hybridized carbons (Fsp3) is 0.429. The summed E-state index contributed by atoms with van der Waals surface area (Å²) in [6.45, 7) is 9.93. The van der Waals surface area contributed by atoms with E-state index in [1.54, 1.807) is 11.3 Å². The van der Waals surface area contributed by atoms with E-state index in [2.05, 4.69) is 43.4 Å². The monoisotopic (exact) mass is 544 g/mol. The van der Waals surface area contributed by atoms with Gasteiger partial charge >= 0.3 is 0 Å². The summed E-state index contributed by atoms with van der Waals surface area (Å²) in [6, 6.07) is 6.23. The fourth-order valence-corrected chi connectivity index (χ4v) is 6.49. The zero-order chi connectivity index (χ0) is 26.2. The SMILES string of the molecule is Cc1c(-c2nc3cc(Nc4ccc(N5CCOCC5)c(CN5CCCC5)n4)ncc3s2)cnc2c1NCCO2. The number of aromatic nitrogens is 4. The molecular weight excluding hydrogens is 512 g/mol. The predicted molar refractivity (Wildman–Crippen MR) is 154 cm³/mol. The third kappa shape index (κ3) is 4.97. The largest absolute Gasteiger partial charge is 0.474 e. The molecule has 202 valence electrons. The van der Waals surface area contributed by atoms with E-state index < -0.39 is 0 Å². The number of hydrogen-bond acceptors (Lipinski definition) is 11. The average molecular weight is 545 g/mol. The van der Waals surface area contributed by atoms with Crippen molar-refractivity contribution in [3.8, 4) is 16.5 Å². The van der Waals surface area contributed by atoms with Crippen molar-refractivity contribution in [2.45, 2.75) is 26.3 Å². The first-order valence-electron chi connectivity index (χ1n) is 13.7. The molecule has 0 aliphatic carbocycles. The molecule has 0 aromatic carbocycles. The van der Waals surface area contributed by atoms with Gasteiger partial charge in [0.1, 0.15) is 28.9 Å². The van der Waals surface area contributed by atoms with Crippen LogP contribution in [0, 0.1) is 6.92 Å². The summed E-state index contributed by atoms with van der Waals surface area (Å²) in [5.74, 6) is 2.19. The highest BCUT2D eigenvalue weighted by Gasteiger charge is 2.21. The molecule has 0 bridgehead atoms. The second-order valence-electron chi connectivity index (χ2n) is 10.2. The van der Waals surface area contributed by atoms with Crippen LogP contribution in [0.5, 0.6) is 5.88 Å². The highest BCUT2D eigenvalue weighted by molar-refractivity contribution is 7.21. The highest BCUT2D eigenvalue weighted by Crippen LogP contribution is 2.38. The number of thiazole rings is 1. The van der Waals surface area contributed by atoms with E-state index >= 15 is 0 Å². The molecule has 7 heterocycles. The second kappa shape index (κ2) is 10.6. The summed E-state index contributed by atoms with van der Waals surface area (Å²) in [5.41, 5.74) is 6.27. The van der Waals surface area contributed by atoms with Crippen LogP contribution in [0.3, 0.4) is 0 Å². The molecule has 39 heavy (non-hydrogen) atoms. The lowest BCUT2D eigenvalue weighted by molar-refractivity contribution is 0.122. The van der Waals surface area contributed by atoms with Crippen molar-refractivity contribution in [3.63, 3.8) is 0 Å². The number of ether oxygens (including phenoxy) is 2. The minimum atomic E-state index is 0.631. The first-order chi connectivity index (χ1) is 19.2. The number of nitrogens with zero attached hydrogens (tertiary/aromatic N) is 6. The van der Waals surface area contributed by atoms with Crippen molar-refractivity contribution >= 4 is 44.6 Å². The van der Waals surface area contributed by atoms with Crippen molar-refractivity contribution in [2.75, 3.05) is 68.1 Å². The highest BCUT2D eigenvalue weighted by atomic mass is 32.1.